The van der Waals surface area contributed by atoms with Crippen LogP contribution in [0, 0.1) is 0 Å². The van der Waals surface area contributed by atoms with Crippen molar-refractivity contribution in [1.82, 2.24) is 24.6 Å². The van der Waals surface area contributed by atoms with Gasteiger partial charge in [-0.05, 0) is 36.2 Å². The quantitative estimate of drug-likeness (QED) is 0.568. The van der Waals surface area contributed by atoms with E-state index >= 15 is 0 Å². The van der Waals surface area contributed by atoms with E-state index in [2.05, 4.69) is 69.0 Å². The number of pyridine rings is 1. The van der Waals surface area contributed by atoms with Crippen LogP contribution in [-0.2, 0) is 19.3 Å². The predicted molar refractivity (Wildman–Crippen MR) is 106 cm³/mol. The lowest BCUT2D eigenvalue weighted by Gasteiger charge is -2.21. The van der Waals surface area contributed by atoms with Crippen molar-refractivity contribution >= 4 is 11.8 Å². The van der Waals surface area contributed by atoms with E-state index in [9.17, 15) is 0 Å². The van der Waals surface area contributed by atoms with E-state index in [0.717, 1.165) is 29.8 Å². The summed E-state index contributed by atoms with van der Waals surface area (Å²) in [6, 6.07) is 14.7. The largest absolute Gasteiger partial charge is 0.308 e. The van der Waals surface area contributed by atoms with Crippen LogP contribution in [0.25, 0.3) is 0 Å². The SMILES string of the molecule is CC(CN(C)Cc1nnc(SCc2ccncc2)n1C)c1ccccc1. The lowest BCUT2D eigenvalue weighted by molar-refractivity contribution is 0.298. The maximum absolute atomic E-state index is 4.39. The molecule has 0 aliphatic rings. The van der Waals surface area contributed by atoms with Gasteiger partial charge in [-0.1, -0.05) is 49.0 Å². The van der Waals surface area contributed by atoms with Gasteiger partial charge < -0.3 is 4.57 Å². The van der Waals surface area contributed by atoms with Crippen molar-refractivity contribution in [3.8, 4) is 0 Å². The monoisotopic (exact) mass is 367 g/mol. The molecule has 0 bridgehead atoms. The van der Waals surface area contributed by atoms with Gasteiger partial charge in [0.05, 0.1) is 6.54 Å². The number of benzene rings is 1. The van der Waals surface area contributed by atoms with E-state index in [1.54, 1.807) is 11.8 Å². The summed E-state index contributed by atoms with van der Waals surface area (Å²) in [6.45, 7) is 4.03. The molecular formula is C20H25N5S. The Morgan fingerprint density at radius 1 is 1.08 bits per heavy atom. The molecule has 0 aliphatic carbocycles. The van der Waals surface area contributed by atoms with Gasteiger partial charge in [-0.2, -0.15) is 0 Å². The molecule has 0 amide bonds. The molecule has 3 rings (SSSR count). The summed E-state index contributed by atoms with van der Waals surface area (Å²) in [5.74, 6) is 2.34. The van der Waals surface area contributed by atoms with Gasteiger partial charge in [0.1, 0.15) is 5.82 Å². The number of thioether (sulfide) groups is 1. The van der Waals surface area contributed by atoms with Crippen LogP contribution in [0.4, 0.5) is 0 Å². The van der Waals surface area contributed by atoms with E-state index in [-0.39, 0.29) is 0 Å². The minimum absolute atomic E-state index is 0.481. The highest BCUT2D eigenvalue weighted by Gasteiger charge is 2.14. The van der Waals surface area contributed by atoms with E-state index < -0.39 is 0 Å². The Kier molecular flexibility index (Phi) is 6.41. The summed E-state index contributed by atoms with van der Waals surface area (Å²) in [6.07, 6.45) is 3.64. The molecule has 0 N–H and O–H groups in total. The van der Waals surface area contributed by atoms with Crippen molar-refractivity contribution < 1.29 is 0 Å². The van der Waals surface area contributed by atoms with Crippen LogP contribution in [0.5, 0.6) is 0 Å². The molecule has 0 aliphatic heterocycles. The number of rotatable bonds is 8. The Morgan fingerprint density at radius 3 is 2.54 bits per heavy atom. The molecule has 2 heterocycles. The Labute approximate surface area is 159 Å². The molecule has 136 valence electrons. The fourth-order valence-corrected chi connectivity index (χ4v) is 3.78. The molecule has 6 heteroatoms. The third-order valence-corrected chi connectivity index (χ3v) is 5.50. The Hall–Kier alpha value is -2.18. The fraction of sp³-hybridized carbons (Fsp3) is 0.350. The Balaban J connectivity index is 1.55. The topological polar surface area (TPSA) is 46.8 Å². The predicted octanol–water partition coefficient (Wildman–Crippen LogP) is 3.74. The van der Waals surface area contributed by atoms with E-state index in [0.29, 0.717) is 5.92 Å². The van der Waals surface area contributed by atoms with E-state index in [4.69, 9.17) is 0 Å². The lowest BCUT2D eigenvalue weighted by atomic mass is 10.0. The second-order valence-electron chi connectivity index (χ2n) is 6.61. The lowest BCUT2D eigenvalue weighted by Crippen LogP contribution is -2.24. The van der Waals surface area contributed by atoms with Crippen molar-refractivity contribution in [1.29, 1.82) is 0 Å². The number of hydrogen-bond acceptors (Lipinski definition) is 5. The van der Waals surface area contributed by atoms with E-state index in [1.165, 1.54) is 11.1 Å². The minimum Gasteiger partial charge on any atom is -0.308 e. The zero-order valence-corrected chi connectivity index (χ0v) is 16.4. The first kappa shape index (κ1) is 18.6. The van der Waals surface area contributed by atoms with Crippen LogP contribution < -0.4 is 0 Å². The van der Waals surface area contributed by atoms with Crippen molar-refractivity contribution in [2.24, 2.45) is 7.05 Å². The molecule has 1 unspecified atom stereocenters. The fourth-order valence-electron chi connectivity index (χ4n) is 2.90. The second kappa shape index (κ2) is 8.96. The van der Waals surface area contributed by atoms with E-state index in [1.807, 2.05) is 31.6 Å². The van der Waals surface area contributed by atoms with Crippen molar-refractivity contribution in [3.05, 3.63) is 71.8 Å². The molecule has 0 spiro atoms. The molecule has 26 heavy (non-hydrogen) atoms. The van der Waals surface area contributed by atoms with Crippen LogP contribution >= 0.6 is 11.8 Å². The molecule has 0 radical (unpaired) electrons. The molecule has 0 fully saturated rings. The summed E-state index contributed by atoms with van der Waals surface area (Å²) >= 11 is 1.70. The van der Waals surface area contributed by atoms with Crippen LogP contribution in [-0.4, -0.2) is 38.2 Å². The highest BCUT2D eigenvalue weighted by Crippen LogP contribution is 2.21. The zero-order valence-electron chi connectivity index (χ0n) is 15.5. The average Bonchev–Trinajstić information content (AvgIpc) is 3.01. The Bertz CT molecular complexity index is 804. The molecule has 2 aromatic heterocycles. The summed E-state index contributed by atoms with van der Waals surface area (Å²) in [4.78, 5) is 6.36. The maximum Gasteiger partial charge on any atom is 0.191 e. The molecule has 5 nitrogen and oxygen atoms in total. The first-order chi connectivity index (χ1) is 12.6. The zero-order chi connectivity index (χ0) is 18.4. The van der Waals surface area contributed by atoms with Crippen molar-refractivity contribution in [3.63, 3.8) is 0 Å². The first-order valence-electron chi connectivity index (χ1n) is 8.77. The summed E-state index contributed by atoms with van der Waals surface area (Å²) in [5, 5.41) is 9.69. The highest BCUT2D eigenvalue weighted by molar-refractivity contribution is 7.98. The highest BCUT2D eigenvalue weighted by atomic mass is 32.2. The van der Waals surface area contributed by atoms with Crippen LogP contribution in [0.1, 0.15) is 29.8 Å². The summed E-state index contributed by atoms with van der Waals surface area (Å²) in [5.41, 5.74) is 2.61. The molecule has 0 saturated heterocycles. The number of likely N-dealkylation sites (N-methyl/N-ethyl adjacent to an activating group) is 1. The molecular weight excluding hydrogens is 342 g/mol. The third-order valence-electron chi connectivity index (χ3n) is 4.41. The molecule has 1 atom stereocenters. The minimum atomic E-state index is 0.481. The van der Waals surface area contributed by atoms with Gasteiger partial charge >= 0.3 is 0 Å². The molecule has 3 aromatic rings. The summed E-state index contributed by atoms with van der Waals surface area (Å²) < 4.78 is 2.09. The van der Waals surface area contributed by atoms with Gasteiger partial charge in [-0.15, -0.1) is 10.2 Å². The summed E-state index contributed by atoms with van der Waals surface area (Å²) in [7, 11) is 4.18. The van der Waals surface area contributed by atoms with Gasteiger partial charge in [-0.3, -0.25) is 9.88 Å². The standard InChI is InChI=1S/C20H25N5S/c1-16(18-7-5-4-6-8-18)13-24(2)14-19-22-23-20(25(19)3)26-15-17-9-11-21-12-10-17/h4-12,16H,13-15H2,1-3H3. The first-order valence-corrected chi connectivity index (χ1v) is 9.75. The maximum atomic E-state index is 4.39. The van der Waals surface area contributed by atoms with Crippen molar-refractivity contribution in [2.75, 3.05) is 13.6 Å². The third kappa shape index (κ3) is 4.93. The van der Waals surface area contributed by atoms with Gasteiger partial charge in [0.2, 0.25) is 0 Å². The van der Waals surface area contributed by atoms with Gasteiger partial charge in [0.15, 0.2) is 5.16 Å². The van der Waals surface area contributed by atoms with Gasteiger partial charge in [-0.25, -0.2) is 0 Å². The number of nitrogens with zero attached hydrogens (tertiary/aromatic N) is 5. The van der Waals surface area contributed by atoms with Gasteiger partial charge in [0.25, 0.3) is 0 Å². The number of hydrogen-bond donors (Lipinski definition) is 0. The smallest absolute Gasteiger partial charge is 0.191 e. The van der Waals surface area contributed by atoms with Crippen LogP contribution in [0.15, 0.2) is 60.0 Å². The normalized spacial score (nSPS) is 12.5. The van der Waals surface area contributed by atoms with Crippen LogP contribution in [0.3, 0.4) is 0 Å². The number of aromatic nitrogens is 4. The van der Waals surface area contributed by atoms with Crippen LogP contribution in [0.2, 0.25) is 0 Å². The second-order valence-corrected chi connectivity index (χ2v) is 7.55. The Morgan fingerprint density at radius 2 is 1.81 bits per heavy atom. The van der Waals surface area contributed by atoms with Crippen molar-refractivity contribution in [2.45, 2.75) is 30.3 Å². The van der Waals surface area contributed by atoms with Gasteiger partial charge in [0, 0.05) is 31.7 Å². The molecule has 1 aromatic carbocycles. The molecule has 0 saturated carbocycles. The average molecular weight is 368 g/mol.